The number of anilines is 1. The maximum Gasteiger partial charge on any atom is 0.158 e. The summed E-state index contributed by atoms with van der Waals surface area (Å²) in [5, 5.41) is 8.41. The Hall–Kier alpha value is -2.40. The van der Waals surface area contributed by atoms with Crippen molar-refractivity contribution in [3.63, 3.8) is 0 Å². The van der Waals surface area contributed by atoms with Crippen LogP contribution in [0.25, 0.3) is 10.9 Å². The maximum absolute atomic E-state index is 13.4. The molecule has 1 aliphatic rings. The molecule has 1 saturated heterocycles. The van der Waals surface area contributed by atoms with Crippen LogP contribution in [0, 0.1) is 12.7 Å². The molecular formula is C20H23FN4. The summed E-state index contributed by atoms with van der Waals surface area (Å²) in [7, 11) is 4.26. The van der Waals surface area contributed by atoms with Crippen LogP contribution in [0.5, 0.6) is 0 Å². The van der Waals surface area contributed by atoms with Crippen LogP contribution >= 0.6 is 0 Å². The fourth-order valence-corrected chi connectivity index (χ4v) is 3.84. The average molecular weight is 338 g/mol. The minimum Gasteiger partial charge on any atom is -0.352 e. The normalized spacial score (nSPS) is 20.8. The van der Waals surface area contributed by atoms with Crippen LogP contribution in [0.3, 0.4) is 0 Å². The summed E-state index contributed by atoms with van der Waals surface area (Å²) in [6.45, 7) is 3.93. The third-order valence-electron chi connectivity index (χ3n) is 5.26. The molecule has 1 N–H and O–H groups in total. The van der Waals surface area contributed by atoms with Crippen molar-refractivity contribution in [2.75, 3.05) is 32.1 Å². The first-order chi connectivity index (χ1) is 12.0. The van der Waals surface area contributed by atoms with E-state index in [1.807, 2.05) is 6.07 Å². The largest absolute Gasteiger partial charge is 0.352 e. The SMILES string of the molecule is Cc1ccc([C@H]2CN(c3n[nH]c4cc(F)ccc34)C[C@@H]2N(C)C)cc1. The van der Waals surface area contributed by atoms with Crippen molar-refractivity contribution in [1.29, 1.82) is 0 Å². The topological polar surface area (TPSA) is 35.2 Å². The number of rotatable bonds is 3. The zero-order valence-electron chi connectivity index (χ0n) is 14.8. The minimum atomic E-state index is -0.243. The fourth-order valence-electron chi connectivity index (χ4n) is 3.84. The Kier molecular flexibility index (Phi) is 3.96. The van der Waals surface area contributed by atoms with Crippen LogP contribution < -0.4 is 4.90 Å². The third kappa shape index (κ3) is 2.89. The Morgan fingerprint density at radius 1 is 1.12 bits per heavy atom. The summed E-state index contributed by atoms with van der Waals surface area (Å²) >= 11 is 0. The number of nitrogens with zero attached hydrogens (tertiary/aromatic N) is 3. The van der Waals surface area contributed by atoms with Gasteiger partial charge < -0.3 is 9.80 Å². The van der Waals surface area contributed by atoms with Crippen LogP contribution in [0.4, 0.5) is 10.2 Å². The Morgan fingerprint density at radius 2 is 1.88 bits per heavy atom. The Balaban J connectivity index is 1.68. The van der Waals surface area contributed by atoms with Crippen molar-refractivity contribution in [3.8, 4) is 0 Å². The standard InChI is InChI=1S/C20H23FN4/c1-13-4-6-14(7-5-13)17-11-25(12-19(17)24(2)3)20-16-9-8-15(21)10-18(16)22-23-20/h4-10,17,19H,11-12H2,1-3H3,(H,22,23)/t17-,19+/m1/s1. The predicted octanol–water partition coefficient (Wildman–Crippen LogP) is 3.54. The molecule has 5 heteroatoms. The van der Waals surface area contributed by atoms with Crippen molar-refractivity contribution in [1.82, 2.24) is 15.1 Å². The van der Waals surface area contributed by atoms with E-state index in [2.05, 4.69) is 65.3 Å². The van der Waals surface area contributed by atoms with Gasteiger partial charge in [-0.2, -0.15) is 5.10 Å². The first-order valence-corrected chi connectivity index (χ1v) is 8.64. The van der Waals surface area contributed by atoms with Crippen molar-refractivity contribution in [3.05, 3.63) is 59.4 Å². The average Bonchev–Trinajstić information content (AvgIpc) is 3.19. The summed E-state index contributed by atoms with van der Waals surface area (Å²) in [5.74, 6) is 1.09. The molecule has 0 saturated carbocycles. The van der Waals surface area contributed by atoms with E-state index in [0.717, 1.165) is 29.8 Å². The summed E-state index contributed by atoms with van der Waals surface area (Å²) in [4.78, 5) is 4.60. The van der Waals surface area contributed by atoms with Gasteiger partial charge in [0.05, 0.1) is 5.52 Å². The number of aromatic nitrogens is 2. The molecule has 0 amide bonds. The van der Waals surface area contributed by atoms with E-state index in [1.54, 1.807) is 0 Å². The number of aryl methyl sites for hydroxylation is 1. The van der Waals surface area contributed by atoms with Crippen LogP contribution in [-0.2, 0) is 0 Å². The number of nitrogens with one attached hydrogen (secondary N) is 1. The van der Waals surface area contributed by atoms with Gasteiger partial charge in [-0.1, -0.05) is 29.8 Å². The van der Waals surface area contributed by atoms with Gasteiger partial charge in [0.15, 0.2) is 5.82 Å². The molecule has 2 atom stereocenters. The molecule has 0 spiro atoms. The second kappa shape index (κ2) is 6.15. The molecule has 1 aromatic heterocycles. The third-order valence-corrected chi connectivity index (χ3v) is 5.26. The zero-order chi connectivity index (χ0) is 17.6. The highest BCUT2D eigenvalue weighted by Gasteiger charge is 2.36. The van der Waals surface area contributed by atoms with Crippen molar-refractivity contribution >= 4 is 16.7 Å². The number of benzene rings is 2. The molecule has 25 heavy (non-hydrogen) atoms. The summed E-state index contributed by atoms with van der Waals surface area (Å²) < 4.78 is 13.4. The molecule has 4 rings (SSSR count). The van der Waals surface area contributed by atoms with E-state index in [4.69, 9.17) is 0 Å². The molecule has 0 aliphatic carbocycles. The van der Waals surface area contributed by atoms with Gasteiger partial charge in [0, 0.05) is 30.4 Å². The fraction of sp³-hybridized carbons (Fsp3) is 0.350. The lowest BCUT2D eigenvalue weighted by molar-refractivity contribution is 0.292. The minimum absolute atomic E-state index is 0.243. The lowest BCUT2D eigenvalue weighted by Crippen LogP contribution is -2.34. The van der Waals surface area contributed by atoms with Gasteiger partial charge in [0.1, 0.15) is 5.82 Å². The number of likely N-dealkylation sites (N-methyl/N-ethyl adjacent to an activating group) is 1. The molecule has 0 radical (unpaired) electrons. The van der Waals surface area contributed by atoms with E-state index < -0.39 is 0 Å². The van der Waals surface area contributed by atoms with Crippen molar-refractivity contribution in [2.24, 2.45) is 0 Å². The number of fused-ring (bicyclic) bond motifs is 1. The number of aromatic amines is 1. The molecule has 4 nitrogen and oxygen atoms in total. The summed E-state index contributed by atoms with van der Waals surface area (Å²) in [6.07, 6.45) is 0. The van der Waals surface area contributed by atoms with Gasteiger partial charge in [0.2, 0.25) is 0 Å². The van der Waals surface area contributed by atoms with Gasteiger partial charge in [-0.25, -0.2) is 4.39 Å². The lowest BCUT2D eigenvalue weighted by atomic mass is 9.93. The highest BCUT2D eigenvalue weighted by Crippen LogP contribution is 2.35. The van der Waals surface area contributed by atoms with Crippen LogP contribution in [0.15, 0.2) is 42.5 Å². The highest BCUT2D eigenvalue weighted by atomic mass is 19.1. The molecule has 1 fully saturated rings. The first-order valence-electron chi connectivity index (χ1n) is 8.64. The van der Waals surface area contributed by atoms with Gasteiger partial charge in [-0.05, 0) is 44.8 Å². The molecule has 2 aromatic carbocycles. The molecule has 3 aromatic rings. The summed E-state index contributed by atoms with van der Waals surface area (Å²) in [5.41, 5.74) is 3.38. The number of H-pyrrole nitrogens is 1. The van der Waals surface area contributed by atoms with Gasteiger partial charge in [0.25, 0.3) is 0 Å². The van der Waals surface area contributed by atoms with E-state index >= 15 is 0 Å². The molecule has 130 valence electrons. The van der Waals surface area contributed by atoms with Gasteiger partial charge in [-0.3, -0.25) is 5.10 Å². The maximum atomic E-state index is 13.4. The Bertz CT molecular complexity index is 884. The molecule has 0 unspecified atom stereocenters. The van der Waals surface area contributed by atoms with E-state index in [9.17, 15) is 4.39 Å². The van der Waals surface area contributed by atoms with E-state index in [0.29, 0.717) is 12.0 Å². The van der Waals surface area contributed by atoms with E-state index in [-0.39, 0.29) is 5.82 Å². The molecule has 2 heterocycles. The number of halogens is 1. The van der Waals surface area contributed by atoms with Crippen molar-refractivity contribution in [2.45, 2.75) is 18.9 Å². The van der Waals surface area contributed by atoms with Crippen LogP contribution in [0.1, 0.15) is 17.0 Å². The number of hydrogen-bond acceptors (Lipinski definition) is 3. The highest BCUT2D eigenvalue weighted by molar-refractivity contribution is 5.90. The van der Waals surface area contributed by atoms with E-state index in [1.165, 1.54) is 23.3 Å². The lowest BCUT2D eigenvalue weighted by Gasteiger charge is -2.25. The zero-order valence-corrected chi connectivity index (χ0v) is 14.8. The van der Waals surface area contributed by atoms with Crippen molar-refractivity contribution < 1.29 is 4.39 Å². The smallest absolute Gasteiger partial charge is 0.158 e. The Labute approximate surface area is 147 Å². The Morgan fingerprint density at radius 3 is 2.60 bits per heavy atom. The second-order valence-corrected chi connectivity index (χ2v) is 7.19. The number of hydrogen-bond donors (Lipinski definition) is 1. The molecule has 0 bridgehead atoms. The van der Waals surface area contributed by atoms with Crippen LogP contribution in [0.2, 0.25) is 0 Å². The first kappa shape index (κ1) is 16.1. The molecule has 1 aliphatic heterocycles. The van der Waals surface area contributed by atoms with Gasteiger partial charge in [-0.15, -0.1) is 0 Å². The quantitative estimate of drug-likeness (QED) is 0.793. The summed E-state index contributed by atoms with van der Waals surface area (Å²) in [6, 6.07) is 14.1. The van der Waals surface area contributed by atoms with Gasteiger partial charge >= 0.3 is 0 Å². The monoisotopic (exact) mass is 338 g/mol. The predicted molar refractivity (Wildman–Crippen MR) is 99.7 cm³/mol. The second-order valence-electron chi connectivity index (χ2n) is 7.19. The molecular weight excluding hydrogens is 315 g/mol. The van der Waals surface area contributed by atoms with Crippen LogP contribution in [-0.4, -0.2) is 48.3 Å².